The zero-order valence-electron chi connectivity index (χ0n) is 13.8. The van der Waals surface area contributed by atoms with Gasteiger partial charge < -0.3 is 9.84 Å². The molecule has 6 heteroatoms. The lowest BCUT2D eigenvalue weighted by atomic mass is 9.97. The fourth-order valence-electron chi connectivity index (χ4n) is 2.67. The van der Waals surface area contributed by atoms with Crippen molar-refractivity contribution < 1.29 is 19.4 Å². The Balaban J connectivity index is 1.78. The van der Waals surface area contributed by atoms with Crippen molar-refractivity contribution in [1.29, 1.82) is 0 Å². The molecule has 1 aliphatic rings. The Morgan fingerprint density at radius 1 is 1.24 bits per heavy atom. The normalized spacial score (nSPS) is 16.0. The average Bonchev–Trinajstić information content (AvgIpc) is 3.11. The predicted octanol–water partition coefficient (Wildman–Crippen LogP) is 2.76. The molecule has 2 aromatic carbocycles. The first-order valence-electron chi connectivity index (χ1n) is 7.91. The summed E-state index contributed by atoms with van der Waals surface area (Å²) in [6.45, 7) is 1.82. The summed E-state index contributed by atoms with van der Waals surface area (Å²) in [6, 6.07) is 14.7. The Morgan fingerprint density at radius 3 is 2.72 bits per heavy atom. The molecule has 0 saturated heterocycles. The number of carbonyl (C=O) groups excluding carboxylic acids is 1. The van der Waals surface area contributed by atoms with Gasteiger partial charge in [-0.15, -0.1) is 0 Å². The lowest BCUT2D eigenvalue weighted by molar-refractivity contribution is -0.139. The van der Waals surface area contributed by atoms with E-state index in [0.29, 0.717) is 12.1 Å². The molecule has 0 amide bonds. The number of hydrazone groups is 1. The van der Waals surface area contributed by atoms with Crippen molar-refractivity contribution in [3.8, 4) is 5.75 Å². The standard InChI is InChI=1S/C19H18N2O4/c1-13-7-8-17(25-12-18(22)23)16(9-13)19(24)14-10-20-21(11-14)15-5-3-2-4-6-15/h2-10,14H,11-12H2,1H3,(H,22,23). The number of rotatable bonds is 6. The minimum Gasteiger partial charge on any atom is -0.481 e. The lowest BCUT2D eigenvalue weighted by Crippen LogP contribution is -2.24. The van der Waals surface area contributed by atoms with Gasteiger partial charge in [-0.1, -0.05) is 29.8 Å². The van der Waals surface area contributed by atoms with Gasteiger partial charge in [-0.25, -0.2) is 4.79 Å². The van der Waals surface area contributed by atoms with Crippen LogP contribution >= 0.6 is 0 Å². The van der Waals surface area contributed by atoms with Gasteiger partial charge in [0.15, 0.2) is 12.4 Å². The predicted molar refractivity (Wildman–Crippen MR) is 94.4 cm³/mol. The summed E-state index contributed by atoms with van der Waals surface area (Å²) >= 11 is 0. The Hall–Kier alpha value is -3.15. The van der Waals surface area contributed by atoms with E-state index in [4.69, 9.17) is 9.84 Å². The Labute approximate surface area is 145 Å². The fourth-order valence-corrected chi connectivity index (χ4v) is 2.67. The number of hydrogen-bond donors (Lipinski definition) is 1. The van der Waals surface area contributed by atoms with Crippen LogP contribution in [0.3, 0.4) is 0 Å². The van der Waals surface area contributed by atoms with Crippen molar-refractivity contribution in [1.82, 2.24) is 0 Å². The van der Waals surface area contributed by atoms with Crippen molar-refractivity contribution >= 4 is 23.7 Å². The van der Waals surface area contributed by atoms with Crippen LogP contribution in [0.15, 0.2) is 53.6 Å². The van der Waals surface area contributed by atoms with Crippen molar-refractivity contribution in [3.05, 3.63) is 59.7 Å². The summed E-state index contributed by atoms with van der Waals surface area (Å²) in [5, 5.41) is 14.9. The molecule has 1 heterocycles. The van der Waals surface area contributed by atoms with E-state index < -0.39 is 18.5 Å². The van der Waals surface area contributed by atoms with Crippen LogP contribution in [0.1, 0.15) is 15.9 Å². The average molecular weight is 338 g/mol. The molecule has 1 atom stereocenters. The molecule has 0 radical (unpaired) electrons. The zero-order chi connectivity index (χ0) is 17.8. The number of Topliss-reactive ketones (excluding diaryl/α,β-unsaturated/α-hetero) is 1. The first kappa shape index (κ1) is 16.7. The topological polar surface area (TPSA) is 79.2 Å². The largest absolute Gasteiger partial charge is 0.481 e. The number of nitrogens with zero attached hydrogens (tertiary/aromatic N) is 2. The molecule has 1 aliphatic heterocycles. The molecule has 0 bridgehead atoms. The van der Waals surface area contributed by atoms with Crippen LogP contribution in [0.25, 0.3) is 0 Å². The van der Waals surface area contributed by atoms with Gasteiger partial charge in [0.05, 0.1) is 23.7 Å². The monoisotopic (exact) mass is 338 g/mol. The molecule has 0 aliphatic carbocycles. The van der Waals surface area contributed by atoms with Crippen LogP contribution in [-0.2, 0) is 4.79 Å². The van der Waals surface area contributed by atoms with E-state index in [1.807, 2.05) is 37.3 Å². The zero-order valence-corrected chi connectivity index (χ0v) is 13.8. The van der Waals surface area contributed by atoms with Gasteiger partial charge in [0, 0.05) is 6.21 Å². The minimum absolute atomic E-state index is 0.133. The smallest absolute Gasteiger partial charge is 0.341 e. The van der Waals surface area contributed by atoms with E-state index in [-0.39, 0.29) is 11.5 Å². The van der Waals surface area contributed by atoms with Gasteiger partial charge in [-0.05, 0) is 31.2 Å². The molecule has 0 aromatic heterocycles. The lowest BCUT2D eigenvalue weighted by Gasteiger charge is -2.16. The number of hydrogen-bond acceptors (Lipinski definition) is 5. The Morgan fingerprint density at radius 2 is 2.00 bits per heavy atom. The molecule has 6 nitrogen and oxygen atoms in total. The Kier molecular flexibility index (Phi) is 4.79. The van der Waals surface area contributed by atoms with Crippen LogP contribution < -0.4 is 9.75 Å². The second-order valence-electron chi connectivity index (χ2n) is 5.83. The van der Waals surface area contributed by atoms with E-state index in [0.717, 1.165) is 11.3 Å². The fraction of sp³-hybridized carbons (Fsp3) is 0.211. The first-order valence-corrected chi connectivity index (χ1v) is 7.91. The molecule has 25 heavy (non-hydrogen) atoms. The summed E-state index contributed by atoms with van der Waals surface area (Å²) in [7, 11) is 0. The van der Waals surface area contributed by atoms with E-state index >= 15 is 0 Å². The third-order valence-electron chi connectivity index (χ3n) is 3.90. The van der Waals surface area contributed by atoms with E-state index in [1.54, 1.807) is 29.4 Å². The van der Waals surface area contributed by atoms with Gasteiger partial charge in [-0.2, -0.15) is 5.10 Å². The van der Waals surface area contributed by atoms with Crippen LogP contribution in [0.2, 0.25) is 0 Å². The van der Waals surface area contributed by atoms with Gasteiger partial charge in [0.2, 0.25) is 0 Å². The molecule has 1 unspecified atom stereocenters. The van der Waals surface area contributed by atoms with Gasteiger partial charge in [-0.3, -0.25) is 9.80 Å². The van der Waals surface area contributed by atoms with E-state index in [1.165, 1.54) is 0 Å². The molecule has 0 saturated carbocycles. The second kappa shape index (κ2) is 7.17. The van der Waals surface area contributed by atoms with Gasteiger partial charge >= 0.3 is 5.97 Å². The second-order valence-corrected chi connectivity index (χ2v) is 5.83. The Bertz CT molecular complexity index is 817. The SMILES string of the molecule is Cc1ccc(OCC(=O)O)c(C(=O)C2C=NN(c3ccccc3)C2)c1. The van der Waals surface area contributed by atoms with Crippen LogP contribution in [0.4, 0.5) is 5.69 Å². The highest BCUT2D eigenvalue weighted by Crippen LogP contribution is 2.26. The third-order valence-corrected chi connectivity index (χ3v) is 3.90. The van der Waals surface area contributed by atoms with Crippen molar-refractivity contribution in [2.45, 2.75) is 6.92 Å². The highest BCUT2D eigenvalue weighted by atomic mass is 16.5. The van der Waals surface area contributed by atoms with Gasteiger partial charge in [0.1, 0.15) is 5.75 Å². The van der Waals surface area contributed by atoms with E-state index in [2.05, 4.69) is 5.10 Å². The molecule has 1 N–H and O–H groups in total. The van der Waals surface area contributed by atoms with E-state index in [9.17, 15) is 9.59 Å². The van der Waals surface area contributed by atoms with Crippen molar-refractivity contribution in [2.75, 3.05) is 18.2 Å². The number of benzene rings is 2. The molecular weight excluding hydrogens is 320 g/mol. The number of aryl methyl sites for hydroxylation is 1. The van der Waals surface area contributed by atoms with Crippen molar-refractivity contribution in [3.63, 3.8) is 0 Å². The summed E-state index contributed by atoms with van der Waals surface area (Å²) in [5.41, 5.74) is 2.20. The summed E-state index contributed by atoms with van der Waals surface area (Å²) in [5.74, 6) is -1.35. The molecule has 3 rings (SSSR count). The van der Waals surface area contributed by atoms with Crippen LogP contribution in [0, 0.1) is 12.8 Å². The maximum atomic E-state index is 12.9. The number of ether oxygens (including phenoxy) is 1. The number of carboxylic acids is 1. The third kappa shape index (κ3) is 3.85. The number of carboxylic acid groups (broad SMARTS) is 1. The number of anilines is 1. The maximum absolute atomic E-state index is 12.9. The molecule has 0 spiro atoms. The van der Waals surface area contributed by atoms with Crippen LogP contribution in [-0.4, -0.2) is 36.2 Å². The summed E-state index contributed by atoms with van der Waals surface area (Å²) in [4.78, 5) is 23.6. The van der Waals surface area contributed by atoms with Crippen LogP contribution in [0.5, 0.6) is 5.75 Å². The highest BCUT2D eigenvalue weighted by Gasteiger charge is 2.28. The molecule has 0 fully saturated rings. The number of ketones is 1. The molecular formula is C19H18N2O4. The van der Waals surface area contributed by atoms with Crippen molar-refractivity contribution in [2.24, 2.45) is 11.0 Å². The maximum Gasteiger partial charge on any atom is 0.341 e. The first-order chi connectivity index (χ1) is 12.0. The minimum atomic E-state index is -1.09. The number of carbonyl (C=O) groups is 2. The number of para-hydroxylation sites is 1. The molecule has 2 aromatic rings. The summed E-state index contributed by atoms with van der Waals surface area (Å²) in [6.07, 6.45) is 1.62. The molecule has 128 valence electrons. The quantitative estimate of drug-likeness (QED) is 0.819. The number of aliphatic carboxylic acids is 1. The summed E-state index contributed by atoms with van der Waals surface area (Å²) < 4.78 is 5.27. The van der Waals surface area contributed by atoms with Gasteiger partial charge in [0.25, 0.3) is 0 Å². The highest BCUT2D eigenvalue weighted by molar-refractivity contribution is 6.09.